The van der Waals surface area contributed by atoms with E-state index < -0.39 is 5.97 Å². The van der Waals surface area contributed by atoms with E-state index in [4.69, 9.17) is 14.2 Å². The third-order valence-corrected chi connectivity index (χ3v) is 3.98. The first-order valence-corrected chi connectivity index (χ1v) is 8.64. The van der Waals surface area contributed by atoms with Gasteiger partial charge in [-0.3, -0.25) is 4.98 Å². The summed E-state index contributed by atoms with van der Waals surface area (Å²) in [6.07, 6.45) is 5.21. The summed E-state index contributed by atoms with van der Waals surface area (Å²) in [5.41, 5.74) is 2.94. The lowest BCUT2D eigenvalue weighted by molar-refractivity contribution is 0.0438. The van der Waals surface area contributed by atoms with Crippen LogP contribution in [0.3, 0.4) is 0 Å². The highest BCUT2D eigenvalue weighted by Crippen LogP contribution is 2.28. The van der Waals surface area contributed by atoms with Crippen LogP contribution in [-0.4, -0.2) is 36.0 Å². The molecule has 7 nitrogen and oxygen atoms in total. The molecule has 0 unspecified atom stereocenters. The summed E-state index contributed by atoms with van der Waals surface area (Å²) in [4.78, 5) is 16.5. The second kappa shape index (κ2) is 8.84. The van der Waals surface area contributed by atoms with E-state index >= 15 is 0 Å². The molecule has 1 aromatic carbocycles. The van der Waals surface area contributed by atoms with Gasteiger partial charge in [-0.15, -0.1) is 0 Å². The Morgan fingerprint density at radius 1 is 1.25 bits per heavy atom. The van der Waals surface area contributed by atoms with Crippen LogP contribution in [0.15, 0.2) is 55.0 Å². The monoisotopic (exact) mass is 377 g/mol. The third-order valence-electron chi connectivity index (χ3n) is 3.98. The first-order valence-electron chi connectivity index (χ1n) is 8.64. The van der Waals surface area contributed by atoms with Gasteiger partial charge in [0.15, 0.2) is 6.79 Å². The minimum atomic E-state index is -0.473. The van der Waals surface area contributed by atoms with Gasteiger partial charge in [0.2, 0.25) is 0 Å². The summed E-state index contributed by atoms with van der Waals surface area (Å²) in [6, 6.07) is 12.8. The fraction of sp³-hybridized carbons (Fsp3) is 0.190. The van der Waals surface area contributed by atoms with Crippen molar-refractivity contribution in [1.82, 2.24) is 9.55 Å². The summed E-state index contributed by atoms with van der Waals surface area (Å²) in [5, 5.41) is 9.49. The van der Waals surface area contributed by atoms with Gasteiger partial charge in [0.05, 0.1) is 17.9 Å². The summed E-state index contributed by atoms with van der Waals surface area (Å²) < 4.78 is 17.4. The minimum absolute atomic E-state index is 0.00975. The van der Waals surface area contributed by atoms with Crippen LogP contribution in [0.25, 0.3) is 16.9 Å². The van der Waals surface area contributed by atoms with E-state index in [0.29, 0.717) is 22.6 Å². The van der Waals surface area contributed by atoms with E-state index in [1.165, 1.54) is 7.11 Å². The lowest BCUT2D eigenvalue weighted by Crippen LogP contribution is -2.10. The van der Waals surface area contributed by atoms with E-state index in [1.807, 2.05) is 24.4 Å². The molecule has 0 atom stereocenters. The van der Waals surface area contributed by atoms with Crippen molar-refractivity contribution in [2.24, 2.45) is 0 Å². The third kappa shape index (κ3) is 4.03. The first kappa shape index (κ1) is 19.1. The van der Waals surface area contributed by atoms with E-state index in [2.05, 4.69) is 11.1 Å². The number of aromatic nitrogens is 2. The van der Waals surface area contributed by atoms with Gasteiger partial charge in [0.1, 0.15) is 17.4 Å². The molecule has 0 aliphatic rings. The molecule has 28 heavy (non-hydrogen) atoms. The molecule has 0 aliphatic heterocycles. The second-order valence-corrected chi connectivity index (χ2v) is 5.77. The summed E-state index contributed by atoms with van der Waals surface area (Å²) in [5.74, 6) is -0.135. The van der Waals surface area contributed by atoms with Crippen LogP contribution < -0.4 is 4.74 Å². The Labute approximate surface area is 162 Å². The molecule has 7 heteroatoms. The Bertz CT molecular complexity index is 1010. The normalized spacial score (nSPS) is 10.3. The highest BCUT2D eigenvalue weighted by Gasteiger charge is 2.17. The summed E-state index contributed by atoms with van der Waals surface area (Å²) >= 11 is 0. The number of pyridine rings is 1. The Balaban J connectivity index is 2.03. The van der Waals surface area contributed by atoms with Gasteiger partial charge in [0, 0.05) is 43.0 Å². The van der Waals surface area contributed by atoms with E-state index in [0.717, 1.165) is 11.3 Å². The number of nitriles is 1. The van der Waals surface area contributed by atoms with Gasteiger partial charge in [-0.2, -0.15) is 5.26 Å². The lowest BCUT2D eigenvalue weighted by Gasteiger charge is -2.12. The van der Waals surface area contributed by atoms with Gasteiger partial charge in [0.25, 0.3) is 0 Å². The molecule has 142 valence electrons. The topological polar surface area (TPSA) is 86.4 Å². The van der Waals surface area contributed by atoms with Crippen LogP contribution in [0.1, 0.15) is 22.8 Å². The molecule has 0 saturated heterocycles. The Morgan fingerprint density at radius 2 is 2.11 bits per heavy atom. The molecular weight excluding hydrogens is 358 g/mol. The van der Waals surface area contributed by atoms with Crippen molar-refractivity contribution in [3.05, 3.63) is 66.1 Å². The average Bonchev–Trinajstić information content (AvgIpc) is 3.17. The molecule has 3 aromatic rings. The number of benzene rings is 1. The van der Waals surface area contributed by atoms with Crippen molar-refractivity contribution in [3.8, 4) is 28.8 Å². The van der Waals surface area contributed by atoms with Crippen molar-refractivity contribution in [2.45, 2.75) is 6.92 Å². The van der Waals surface area contributed by atoms with Crippen molar-refractivity contribution < 1.29 is 19.0 Å². The predicted molar refractivity (Wildman–Crippen MR) is 102 cm³/mol. The lowest BCUT2D eigenvalue weighted by atomic mass is 10.1. The average molecular weight is 377 g/mol. The van der Waals surface area contributed by atoms with Crippen LogP contribution in [0.4, 0.5) is 0 Å². The molecule has 2 heterocycles. The number of nitrogens with zero attached hydrogens (tertiary/aromatic N) is 3. The quantitative estimate of drug-likeness (QED) is 0.462. The maximum atomic E-state index is 12.2. The van der Waals surface area contributed by atoms with Crippen LogP contribution in [0, 0.1) is 11.3 Å². The Morgan fingerprint density at radius 3 is 2.79 bits per heavy atom. The second-order valence-electron chi connectivity index (χ2n) is 5.77. The van der Waals surface area contributed by atoms with Crippen LogP contribution in [0.5, 0.6) is 5.75 Å². The fourth-order valence-electron chi connectivity index (χ4n) is 2.71. The number of esters is 1. The zero-order valence-corrected chi connectivity index (χ0v) is 15.6. The van der Waals surface area contributed by atoms with Gasteiger partial charge < -0.3 is 18.8 Å². The fourth-order valence-corrected chi connectivity index (χ4v) is 2.71. The molecule has 0 fully saturated rings. The predicted octanol–water partition coefficient (Wildman–Crippen LogP) is 3.57. The number of carbonyl (C=O) groups excluding carboxylic acids is 1. The SMILES string of the molecule is CCOC(=O)c1ccc(-n2cc(C#N)c(-c3ccccn3)c2)cc1OCOC. The van der Waals surface area contributed by atoms with Gasteiger partial charge >= 0.3 is 5.97 Å². The van der Waals surface area contributed by atoms with E-state index in [1.54, 1.807) is 42.1 Å². The summed E-state index contributed by atoms with van der Waals surface area (Å²) in [7, 11) is 1.50. The van der Waals surface area contributed by atoms with Gasteiger partial charge in [-0.1, -0.05) is 6.07 Å². The zero-order chi connectivity index (χ0) is 19.9. The molecule has 0 saturated carbocycles. The number of carbonyl (C=O) groups is 1. The van der Waals surface area contributed by atoms with E-state index in [-0.39, 0.29) is 13.4 Å². The largest absolute Gasteiger partial charge is 0.467 e. The molecule has 0 radical (unpaired) electrons. The standard InChI is InChI=1S/C21H19N3O4/c1-3-27-21(25)17-8-7-16(10-20(17)28-14-26-2)24-12-15(11-22)18(13-24)19-6-4-5-9-23-19/h4-10,12-13H,3,14H2,1-2H3. The zero-order valence-electron chi connectivity index (χ0n) is 15.6. The minimum Gasteiger partial charge on any atom is -0.467 e. The van der Waals surface area contributed by atoms with Crippen LogP contribution in [0.2, 0.25) is 0 Å². The van der Waals surface area contributed by atoms with E-state index in [9.17, 15) is 10.1 Å². The number of ether oxygens (including phenoxy) is 3. The van der Waals surface area contributed by atoms with Crippen LogP contribution in [-0.2, 0) is 9.47 Å². The van der Waals surface area contributed by atoms with Crippen LogP contribution >= 0.6 is 0 Å². The summed E-state index contributed by atoms with van der Waals surface area (Å²) in [6.45, 7) is 2.00. The highest BCUT2D eigenvalue weighted by molar-refractivity contribution is 5.93. The smallest absolute Gasteiger partial charge is 0.341 e. The van der Waals surface area contributed by atoms with Gasteiger partial charge in [-0.05, 0) is 31.2 Å². The molecule has 0 N–H and O–H groups in total. The van der Waals surface area contributed by atoms with Crippen molar-refractivity contribution in [1.29, 1.82) is 5.26 Å². The number of methoxy groups -OCH3 is 1. The molecule has 2 aromatic heterocycles. The maximum Gasteiger partial charge on any atom is 0.341 e. The van der Waals surface area contributed by atoms with Gasteiger partial charge in [-0.25, -0.2) is 4.79 Å². The molecule has 0 spiro atoms. The Kier molecular flexibility index (Phi) is 6.04. The number of hydrogen-bond acceptors (Lipinski definition) is 6. The molecule has 3 rings (SSSR count). The number of hydrogen-bond donors (Lipinski definition) is 0. The van der Waals surface area contributed by atoms with Crippen molar-refractivity contribution in [2.75, 3.05) is 20.5 Å². The highest BCUT2D eigenvalue weighted by atomic mass is 16.7. The maximum absolute atomic E-state index is 12.2. The Hall–Kier alpha value is -3.63. The van der Waals surface area contributed by atoms with Crippen molar-refractivity contribution >= 4 is 5.97 Å². The van der Waals surface area contributed by atoms with Crippen molar-refractivity contribution in [3.63, 3.8) is 0 Å². The molecular formula is C21H19N3O4. The molecule has 0 bridgehead atoms. The number of rotatable bonds is 7. The molecule has 0 aliphatic carbocycles. The first-order chi connectivity index (χ1) is 13.7. The molecule has 0 amide bonds.